The minimum atomic E-state index is -0.192. The quantitative estimate of drug-likeness (QED) is 0.213. The molecular formula is C41H34N4S. The summed E-state index contributed by atoms with van der Waals surface area (Å²) < 4.78 is 2.64. The van der Waals surface area contributed by atoms with E-state index < -0.39 is 0 Å². The Morgan fingerprint density at radius 2 is 1.52 bits per heavy atom. The monoisotopic (exact) mass is 614 g/mol. The molecule has 3 heterocycles. The van der Waals surface area contributed by atoms with Gasteiger partial charge in [-0.15, -0.1) is 16.5 Å². The van der Waals surface area contributed by atoms with Crippen LogP contribution in [0.4, 0.5) is 5.69 Å². The van der Waals surface area contributed by atoms with Crippen molar-refractivity contribution in [3.63, 3.8) is 0 Å². The van der Waals surface area contributed by atoms with Crippen LogP contribution in [0.25, 0.3) is 36.9 Å². The number of hydrazine groups is 3. The van der Waals surface area contributed by atoms with E-state index in [4.69, 9.17) is 0 Å². The first-order valence-electron chi connectivity index (χ1n) is 15.9. The highest BCUT2D eigenvalue weighted by molar-refractivity contribution is 7.26. The van der Waals surface area contributed by atoms with Gasteiger partial charge in [0.05, 0.1) is 5.69 Å². The van der Waals surface area contributed by atoms with Crippen LogP contribution in [0.15, 0.2) is 140 Å². The highest BCUT2D eigenvalue weighted by atomic mass is 32.1. The van der Waals surface area contributed by atoms with Gasteiger partial charge in [0.25, 0.3) is 0 Å². The molecule has 0 amide bonds. The molecule has 1 aromatic heterocycles. The number of benzene rings is 5. The molecule has 6 aromatic rings. The number of rotatable bonds is 4. The number of thiophene rings is 1. The zero-order valence-corrected chi connectivity index (χ0v) is 26.8. The average molecular weight is 615 g/mol. The molecule has 1 unspecified atom stereocenters. The third-order valence-electron chi connectivity index (χ3n) is 9.80. The number of hydrogen-bond donors (Lipinski definition) is 1. The molecule has 2 aliphatic heterocycles. The van der Waals surface area contributed by atoms with Crippen molar-refractivity contribution in [3.8, 4) is 11.1 Å². The van der Waals surface area contributed by atoms with Gasteiger partial charge in [-0.25, -0.2) is 0 Å². The van der Waals surface area contributed by atoms with Crippen molar-refractivity contribution in [1.29, 1.82) is 0 Å². The molecule has 224 valence electrons. The van der Waals surface area contributed by atoms with E-state index in [2.05, 4.69) is 175 Å². The van der Waals surface area contributed by atoms with Crippen LogP contribution in [0.5, 0.6) is 0 Å². The Hall–Kier alpha value is -4.78. The van der Waals surface area contributed by atoms with Gasteiger partial charge in [-0.3, -0.25) is 5.01 Å². The van der Waals surface area contributed by atoms with Crippen molar-refractivity contribution in [2.75, 3.05) is 5.01 Å². The fourth-order valence-corrected chi connectivity index (χ4v) is 8.88. The van der Waals surface area contributed by atoms with Crippen molar-refractivity contribution in [2.45, 2.75) is 32.0 Å². The summed E-state index contributed by atoms with van der Waals surface area (Å²) >= 11 is 1.88. The van der Waals surface area contributed by atoms with Crippen LogP contribution in [-0.2, 0) is 12.0 Å². The van der Waals surface area contributed by atoms with Gasteiger partial charge >= 0.3 is 0 Å². The first-order valence-corrected chi connectivity index (χ1v) is 16.7. The number of allylic oxidation sites excluding steroid dienone is 4. The summed E-state index contributed by atoms with van der Waals surface area (Å²) in [4.78, 5) is 0. The highest BCUT2D eigenvalue weighted by Crippen LogP contribution is 2.55. The van der Waals surface area contributed by atoms with Crippen LogP contribution in [0.3, 0.4) is 0 Å². The Morgan fingerprint density at radius 1 is 0.761 bits per heavy atom. The van der Waals surface area contributed by atoms with E-state index in [9.17, 15) is 0 Å². The summed E-state index contributed by atoms with van der Waals surface area (Å²) in [5.74, 6) is 0. The summed E-state index contributed by atoms with van der Waals surface area (Å²) in [6.45, 7) is 10.0. The molecule has 3 aliphatic rings. The minimum Gasteiger partial charge on any atom is -0.264 e. The van der Waals surface area contributed by atoms with Crippen LogP contribution in [0.1, 0.15) is 47.8 Å². The first kappa shape index (κ1) is 27.5. The second-order valence-electron chi connectivity index (χ2n) is 12.9. The molecule has 0 spiro atoms. The lowest BCUT2D eigenvalue weighted by molar-refractivity contribution is -0.209. The third-order valence-corrected chi connectivity index (χ3v) is 11.0. The second kappa shape index (κ2) is 10.4. The van der Waals surface area contributed by atoms with E-state index in [1.165, 1.54) is 59.2 Å². The Labute approximate surface area is 273 Å². The molecule has 1 N–H and O–H groups in total. The van der Waals surface area contributed by atoms with Crippen LogP contribution >= 0.6 is 11.3 Å². The molecule has 5 heteroatoms. The molecule has 1 saturated heterocycles. The van der Waals surface area contributed by atoms with Gasteiger partial charge in [-0.2, -0.15) is 10.5 Å². The second-order valence-corrected chi connectivity index (χ2v) is 13.9. The van der Waals surface area contributed by atoms with Crippen molar-refractivity contribution in [2.24, 2.45) is 0 Å². The zero-order chi connectivity index (χ0) is 31.0. The van der Waals surface area contributed by atoms with Gasteiger partial charge in [-0.1, -0.05) is 136 Å². The Bertz CT molecular complexity index is 2240. The molecule has 0 bridgehead atoms. The number of fused-ring (bicyclic) bond motifs is 8. The Morgan fingerprint density at radius 3 is 2.41 bits per heavy atom. The number of hydrogen-bond acceptors (Lipinski definition) is 5. The summed E-state index contributed by atoms with van der Waals surface area (Å²) in [7, 11) is 0. The zero-order valence-electron chi connectivity index (χ0n) is 25.9. The van der Waals surface area contributed by atoms with E-state index in [1.807, 2.05) is 11.3 Å². The van der Waals surface area contributed by atoms with Crippen LogP contribution in [0, 0.1) is 0 Å². The third kappa shape index (κ3) is 4.03. The van der Waals surface area contributed by atoms with E-state index in [0.717, 1.165) is 17.7 Å². The van der Waals surface area contributed by atoms with Crippen LogP contribution in [-0.4, -0.2) is 10.1 Å². The summed E-state index contributed by atoms with van der Waals surface area (Å²) in [6.07, 6.45) is 8.48. The largest absolute Gasteiger partial charge is 0.264 e. The van der Waals surface area contributed by atoms with Crippen LogP contribution < -0.4 is 10.5 Å². The Kier molecular flexibility index (Phi) is 6.21. The summed E-state index contributed by atoms with van der Waals surface area (Å²) in [5, 5.41) is 9.63. The minimum absolute atomic E-state index is 0.0612. The molecule has 4 nitrogen and oxygen atoms in total. The molecule has 1 atom stereocenters. The highest BCUT2D eigenvalue weighted by Gasteiger charge is 2.46. The predicted molar refractivity (Wildman–Crippen MR) is 193 cm³/mol. The van der Waals surface area contributed by atoms with Crippen molar-refractivity contribution < 1.29 is 0 Å². The summed E-state index contributed by atoms with van der Waals surface area (Å²) in [5.41, 5.74) is 14.7. The van der Waals surface area contributed by atoms with Crippen molar-refractivity contribution in [1.82, 2.24) is 15.7 Å². The van der Waals surface area contributed by atoms with Gasteiger partial charge in [-0.05, 0) is 45.5 Å². The SMILES string of the molecule is C=C1/C=C\C=C/N(N2NN(Cc3ccccc3)C2c2cccc3c2sc2ccccc23)c2c1ccc1c2C(C)(C)c2ccccc2-1. The standard InChI is InChI=1S/C41H34N4S/c1-27-14-11-12-25-44(38-29(27)23-24-32-30-17-7-9-21-35(30)41(2,3)37(32)38)45-40(43(42-45)26-28-15-5-4-6-16-28)34-20-13-19-33-31-18-8-10-22-36(31)46-39(33)34/h4-25,40,42H,1,26H2,2-3H3/b14-11-,25-12-. The van der Waals surface area contributed by atoms with E-state index in [-0.39, 0.29) is 11.6 Å². The maximum Gasteiger partial charge on any atom is 0.140 e. The van der Waals surface area contributed by atoms with Gasteiger partial charge < -0.3 is 0 Å². The molecular weight excluding hydrogens is 581 g/mol. The molecule has 46 heavy (non-hydrogen) atoms. The summed E-state index contributed by atoms with van der Waals surface area (Å²) in [6, 6.07) is 39.7. The molecule has 5 aromatic carbocycles. The maximum atomic E-state index is 4.54. The van der Waals surface area contributed by atoms with Gasteiger partial charge in [0, 0.05) is 49.5 Å². The number of nitrogens with one attached hydrogen (secondary N) is 1. The lowest BCUT2D eigenvalue weighted by atomic mass is 9.80. The molecule has 1 fully saturated rings. The predicted octanol–water partition coefficient (Wildman–Crippen LogP) is 10.1. The average Bonchev–Trinajstić information content (AvgIpc) is 3.56. The lowest BCUT2D eigenvalue weighted by Crippen LogP contribution is -2.71. The van der Waals surface area contributed by atoms with E-state index >= 15 is 0 Å². The van der Waals surface area contributed by atoms with Gasteiger partial charge in [0.1, 0.15) is 6.17 Å². The first-order chi connectivity index (χ1) is 22.5. The molecule has 1 aliphatic carbocycles. The van der Waals surface area contributed by atoms with Gasteiger partial charge in [0.15, 0.2) is 0 Å². The molecule has 9 rings (SSSR count). The topological polar surface area (TPSA) is 21.8 Å². The van der Waals surface area contributed by atoms with Crippen molar-refractivity contribution in [3.05, 3.63) is 168 Å². The fourth-order valence-electron chi connectivity index (χ4n) is 7.65. The number of anilines is 1. The lowest BCUT2D eigenvalue weighted by Gasteiger charge is -2.55. The maximum absolute atomic E-state index is 4.54. The number of nitrogens with zero attached hydrogens (tertiary/aromatic N) is 3. The molecule has 0 radical (unpaired) electrons. The fraction of sp³-hybridized carbons (Fsp3) is 0.122. The van der Waals surface area contributed by atoms with E-state index in [1.54, 1.807) is 0 Å². The van der Waals surface area contributed by atoms with E-state index in [0.29, 0.717) is 0 Å². The Balaban J connectivity index is 1.25. The van der Waals surface area contributed by atoms with Gasteiger partial charge in [0.2, 0.25) is 0 Å². The smallest absolute Gasteiger partial charge is 0.140 e. The van der Waals surface area contributed by atoms with Crippen LogP contribution in [0.2, 0.25) is 0 Å². The normalized spacial score (nSPS) is 20.1. The molecule has 0 saturated carbocycles. The van der Waals surface area contributed by atoms with Crippen molar-refractivity contribution >= 4 is 42.8 Å².